The fraction of sp³-hybridized carbons (Fsp3) is 0.722. The molecule has 0 bridgehead atoms. The van der Waals surface area contributed by atoms with Gasteiger partial charge in [0.1, 0.15) is 9.94 Å². The van der Waals surface area contributed by atoms with Crippen LogP contribution in [0.5, 0.6) is 0 Å². The number of likely N-dealkylation sites (tertiary alicyclic amines) is 1. The number of hydrogen-bond donors (Lipinski definition) is 2. The van der Waals surface area contributed by atoms with Crippen LogP contribution in [-0.2, 0) is 4.74 Å². The molecule has 1 aliphatic rings. The molecule has 1 atom stereocenters. The largest absolute Gasteiger partial charge is 0.444 e. The van der Waals surface area contributed by atoms with Crippen molar-refractivity contribution in [2.75, 3.05) is 31.9 Å². The Balaban J connectivity index is 0.00000392. The summed E-state index contributed by atoms with van der Waals surface area (Å²) in [4.78, 5) is 23.2. The number of carbonyl (C=O) groups is 1. The molecule has 1 unspecified atom stereocenters. The monoisotopic (exact) mass is 541 g/mol. The SMILES string of the molecule is CCNC(=NCCCSc1nccs1)N1CCC(NC(=O)OC(C)(C)C)C1.I. The van der Waals surface area contributed by atoms with Crippen LogP contribution in [0.1, 0.15) is 40.5 Å². The number of aromatic nitrogens is 1. The number of thiazole rings is 1. The minimum Gasteiger partial charge on any atom is -0.444 e. The van der Waals surface area contributed by atoms with Crippen molar-refractivity contribution in [3.8, 4) is 0 Å². The van der Waals surface area contributed by atoms with E-state index in [-0.39, 0.29) is 36.1 Å². The number of aliphatic imine (C=N–C) groups is 1. The Morgan fingerprint density at radius 3 is 2.93 bits per heavy atom. The number of hydrogen-bond acceptors (Lipinski definition) is 6. The molecular formula is C18H32IN5O2S2. The molecule has 0 saturated carbocycles. The molecule has 1 aromatic rings. The zero-order valence-corrected chi connectivity index (χ0v) is 21.0. The molecule has 2 heterocycles. The number of amides is 1. The smallest absolute Gasteiger partial charge is 0.407 e. The Kier molecular flexibility index (Phi) is 11.5. The van der Waals surface area contributed by atoms with Crippen LogP contribution >= 0.6 is 47.1 Å². The van der Waals surface area contributed by atoms with Crippen molar-refractivity contribution in [3.63, 3.8) is 0 Å². The second-order valence-electron chi connectivity index (χ2n) is 7.31. The molecule has 1 fully saturated rings. The molecule has 0 radical (unpaired) electrons. The molecular weight excluding hydrogens is 509 g/mol. The van der Waals surface area contributed by atoms with Gasteiger partial charge < -0.3 is 20.3 Å². The molecule has 2 rings (SSSR count). The van der Waals surface area contributed by atoms with Gasteiger partial charge in [0.25, 0.3) is 0 Å². The highest BCUT2D eigenvalue weighted by atomic mass is 127. The first kappa shape index (κ1) is 25.3. The van der Waals surface area contributed by atoms with E-state index in [1.807, 2.05) is 32.3 Å². The van der Waals surface area contributed by atoms with Crippen molar-refractivity contribution in [1.29, 1.82) is 0 Å². The van der Waals surface area contributed by atoms with Crippen molar-refractivity contribution >= 4 is 59.1 Å². The summed E-state index contributed by atoms with van der Waals surface area (Å²) in [5, 5.41) is 8.31. The number of guanidine groups is 1. The van der Waals surface area contributed by atoms with Crippen molar-refractivity contribution < 1.29 is 9.53 Å². The van der Waals surface area contributed by atoms with Crippen molar-refractivity contribution in [2.24, 2.45) is 4.99 Å². The van der Waals surface area contributed by atoms with Crippen LogP contribution in [0.25, 0.3) is 0 Å². The molecule has 160 valence electrons. The highest BCUT2D eigenvalue weighted by molar-refractivity contribution is 14.0. The zero-order chi connectivity index (χ0) is 19.7. The van der Waals surface area contributed by atoms with Crippen molar-refractivity contribution in [1.82, 2.24) is 20.5 Å². The normalized spacial score (nSPS) is 17.2. The first-order valence-electron chi connectivity index (χ1n) is 9.42. The van der Waals surface area contributed by atoms with Gasteiger partial charge in [-0.25, -0.2) is 9.78 Å². The number of carbonyl (C=O) groups excluding carboxylic acids is 1. The van der Waals surface area contributed by atoms with E-state index in [0.717, 1.165) is 55.1 Å². The lowest BCUT2D eigenvalue weighted by molar-refractivity contribution is 0.0507. The number of ether oxygens (including phenoxy) is 1. The molecule has 28 heavy (non-hydrogen) atoms. The van der Waals surface area contributed by atoms with Gasteiger partial charge in [0.05, 0.1) is 6.04 Å². The van der Waals surface area contributed by atoms with Crippen molar-refractivity contribution in [3.05, 3.63) is 11.6 Å². The number of nitrogens with one attached hydrogen (secondary N) is 2. The molecule has 1 saturated heterocycles. The lowest BCUT2D eigenvalue weighted by Crippen LogP contribution is -2.44. The molecule has 0 aliphatic carbocycles. The molecule has 0 spiro atoms. The summed E-state index contributed by atoms with van der Waals surface area (Å²) in [6.07, 6.45) is 3.38. The van der Waals surface area contributed by atoms with E-state index in [1.165, 1.54) is 0 Å². The number of nitrogens with zero attached hydrogens (tertiary/aromatic N) is 3. The lowest BCUT2D eigenvalue weighted by Gasteiger charge is -2.23. The summed E-state index contributed by atoms with van der Waals surface area (Å²) in [5.41, 5.74) is -0.477. The minimum atomic E-state index is -0.477. The molecule has 0 aromatic carbocycles. The third-order valence-corrected chi connectivity index (χ3v) is 5.79. The first-order valence-corrected chi connectivity index (χ1v) is 11.3. The molecule has 1 aliphatic heterocycles. The maximum atomic E-state index is 12.0. The van der Waals surface area contributed by atoms with Gasteiger partial charge >= 0.3 is 6.09 Å². The molecule has 7 nitrogen and oxygen atoms in total. The van der Waals surface area contributed by atoms with Crippen LogP contribution in [0.15, 0.2) is 20.9 Å². The van der Waals surface area contributed by atoms with Gasteiger partial charge in [0.2, 0.25) is 0 Å². The van der Waals surface area contributed by atoms with E-state index in [0.29, 0.717) is 0 Å². The van der Waals surface area contributed by atoms with E-state index in [1.54, 1.807) is 23.1 Å². The Morgan fingerprint density at radius 1 is 1.50 bits per heavy atom. The van der Waals surface area contributed by atoms with Gasteiger partial charge in [-0.15, -0.1) is 35.3 Å². The number of rotatable bonds is 7. The first-order chi connectivity index (χ1) is 12.9. The summed E-state index contributed by atoms with van der Waals surface area (Å²) in [6.45, 7) is 10.9. The van der Waals surface area contributed by atoms with Crippen LogP contribution in [0, 0.1) is 0 Å². The van der Waals surface area contributed by atoms with Crippen LogP contribution < -0.4 is 10.6 Å². The number of halogens is 1. The second kappa shape index (κ2) is 12.7. The zero-order valence-electron chi connectivity index (χ0n) is 17.1. The average molecular weight is 542 g/mol. The third kappa shape index (κ3) is 9.64. The van der Waals surface area contributed by atoms with Gasteiger partial charge in [-0.3, -0.25) is 4.99 Å². The third-order valence-electron chi connectivity index (χ3n) is 3.74. The van der Waals surface area contributed by atoms with Crippen LogP contribution in [-0.4, -0.2) is 65.5 Å². The number of thioether (sulfide) groups is 1. The Bertz CT molecular complexity index is 608. The Morgan fingerprint density at radius 2 is 2.29 bits per heavy atom. The minimum absolute atomic E-state index is 0. The molecule has 1 amide bonds. The topological polar surface area (TPSA) is 78.9 Å². The van der Waals surface area contributed by atoms with Gasteiger partial charge in [-0.2, -0.15) is 0 Å². The highest BCUT2D eigenvalue weighted by Gasteiger charge is 2.27. The molecule has 10 heteroatoms. The quantitative estimate of drug-likeness (QED) is 0.180. The average Bonchev–Trinajstić information content (AvgIpc) is 3.23. The number of alkyl carbamates (subject to hydrolysis) is 1. The van der Waals surface area contributed by atoms with Gasteiger partial charge in [0, 0.05) is 43.5 Å². The van der Waals surface area contributed by atoms with E-state index >= 15 is 0 Å². The standard InChI is InChI=1S/C18H31N5O2S2.HI/c1-5-19-15(20-8-6-11-26-17-21-9-12-27-17)23-10-7-14(13-23)22-16(24)25-18(2,3)4;/h9,12,14H,5-8,10-11,13H2,1-4H3,(H,19,20)(H,22,24);1H. The van der Waals surface area contributed by atoms with Gasteiger partial charge in [-0.05, 0) is 40.5 Å². The Labute approximate surface area is 193 Å². The van der Waals surface area contributed by atoms with Crippen LogP contribution in [0.2, 0.25) is 0 Å². The van der Waals surface area contributed by atoms with Crippen molar-refractivity contribution in [2.45, 2.75) is 56.5 Å². The van der Waals surface area contributed by atoms with Crippen LogP contribution in [0.3, 0.4) is 0 Å². The van der Waals surface area contributed by atoms with E-state index < -0.39 is 5.60 Å². The summed E-state index contributed by atoms with van der Waals surface area (Å²) in [6, 6.07) is 0.0872. The Hall–Kier alpha value is -0.750. The summed E-state index contributed by atoms with van der Waals surface area (Å²) in [5.74, 6) is 1.93. The predicted molar refractivity (Wildman–Crippen MR) is 128 cm³/mol. The maximum absolute atomic E-state index is 12.0. The van der Waals surface area contributed by atoms with E-state index in [4.69, 9.17) is 9.73 Å². The summed E-state index contributed by atoms with van der Waals surface area (Å²) in [7, 11) is 0. The highest BCUT2D eigenvalue weighted by Crippen LogP contribution is 2.20. The molecule has 1 aromatic heterocycles. The van der Waals surface area contributed by atoms with Crippen LogP contribution in [0.4, 0.5) is 4.79 Å². The predicted octanol–water partition coefficient (Wildman–Crippen LogP) is 3.81. The lowest BCUT2D eigenvalue weighted by atomic mass is 10.2. The van der Waals surface area contributed by atoms with Gasteiger partial charge in [-0.1, -0.05) is 11.8 Å². The summed E-state index contributed by atoms with van der Waals surface area (Å²) >= 11 is 3.45. The van der Waals surface area contributed by atoms with Gasteiger partial charge in [0.15, 0.2) is 5.96 Å². The maximum Gasteiger partial charge on any atom is 0.407 e. The van der Waals surface area contributed by atoms with E-state index in [2.05, 4.69) is 27.4 Å². The summed E-state index contributed by atoms with van der Waals surface area (Å²) < 4.78 is 6.46. The molecule has 2 N–H and O–H groups in total. The fourth-order valence-corrected chi connectivity index (χ4v) is 4.29. The second-order valence-corrected chi connectivity index (χ2v) is 9.55. The van der Waals surface area contributed by atoms with E-state index in [9.17, 15) is 4.79 Å². The fourth-order valence-electron chi connectivity index (χ4n) is 2.66.